The molecular weight excluding hydrogens is 316 g/mol. The summed E-state index contributed by atoms with van der Waals surface area (Å²) in [5.41, 5.74) is 2.78. The lowest BCUT2D eigenvalue weighted by molar-refractivity contribution is 0.0994. The molecule has 25 heavy (non-hydrogen) atoms. The predicted octanol–water partition coefficient (Wildman–Crippen LogP) is 3.34. The van der Waals surface area contributed by atoms with Crippen LogP contribution in [-0.2, 0) is 6.42 Å². The van der Waals surface area contributed by atoms with Crippen molar-refractivity contribution < 1.29 is 9.90 Å². The van der Waals surface area contributed by atoms with E-state index in [-0.39, 0.29) is 23.0 Å². The van der Waals surface area contributed by atoms with Gasteiger partial charge in [0.2, 0.25) is 0 Å². The maximum atomic E-state index is 13.1. The van der Waals surface area contributed by atoms with Crippen molar-refractivity contribution in [3.63, 3.8) is 0 Å². The van der Waals surface area contributed by atoms with Crippen LogP contribution in [0.1, 0.15) is 47.9 Å². The second kappa shape index (κ2) is 5.55. The fourth-order valence-electron chi connectivity index (χ4n) is 3.41. The van der Waals surface area contributed by atoms with Gasteiger partial charge in [0.1, 0.15) is 11.6 Å². The Kier molecular flexibility index (Phi) is 3.46. The number of ketones is 1. The number of nitrogens with zero attached hydrogens (tertiary/aromatic N) is 2. The summed E-state index contributed by atoms with van der Waals surface area (Å²) in [6.07, 6.45) is 1.24. The number of carbonyl (C=O) groups excluding carboxylic acids is 1. The van der Waals surface area contributed by atoms with E-state index in [1.165, 1.54) is 12.1 Å². The summed E-state index contributed by atoms with van der Waals surface area (Å²) < 4.78 is 1.62. The van der Waals surface area contributed by atoms with E-state index in [9.17, 15) is 14.7 Å². The van der Waals surface area contributed by atoms with Crippen LogP contribution in [0.2, 0.25) is 0 Å². The largest absolute Gasteiger partial charge is 0.508 e. The average molecular weight is 334 g/mol. The summed E-state index contributed by atoms with van der Waals surface area (Å²) >= 11 is 0. The monoisotopic (exact) mass is 334 g/mol. The van der Waals surface area contributed by atoms with Gasteiger partial charge >= 0.3 is 0 Å². The number of phenols is 1. The molecule has 0 bridgehead atoms. The van der Waals surface area contributed by atoms with Crippen molar-refractivity contribution in [2.75, 3.05) is 0 Å². The van der Waals surface area contributed by atoms with Crippen LogP contribution in [0.25, 0.3) is 16.6 Å². The molecule has 5 heteroatoms. The van der Waals surface area contributed by atoms with Crippen LogP contribution in [0.5, 0.6) is 5.75 Å². The van der Waals surface area contributed by atoms with Crippen molar-refractivity contribution in [1.29, 1.82) is 0 Å². The van der Waals surface area contributed by atoms with Gasteiger partial charge in [-0.05, 0) is 42.3 Å². The van der Waals surface area contributed by atoms with Gasteiger partial charge in [0, 0.05) is 24.0 Å². The summed E-state index contributed by atoms with van der Waals surface area (Å²) in [7, 11) is 0. The maximum Gasteiger partial charge on any atom is 0.265 e. The Labute approximate surface area is 144 Å². The Morgan fingerprint density at radius 2 is 1.88 bits per heavy atom. The zero-order chi connectivity index (χ0) is 17.7. The van der Waals surface area contributed by atoms with Gasteiger partial charge in [0.05, 0.1) is 16.6 Å². The Balaban J connectivity index is 2.02. The van der Waals surface area contributed by atoms with E-state index in [1.54, 1.807) is 16.7 Å². The van der Waals surface area contributed by atoms with Gasteiger partial charge in [-0.3, -0.25) is 14.2 Å². The number of carbonyl (C=O) groups is 1. The molecular formula is C20H18N2O3. The van der Waals surface area contributed by atoms with Crippen molar-refractivity contribution in [3.05, 3.63) is 63.7 Å². The first-order valence-corrected chi connectivity index (χ1v) is 8.38. The highest BCUT2D eigenvalue weighted by atomic mass is 16.3. The van der Waals surface area contributed by atoms with E-state index in [0.717, 1.165) is 16.8 Å². The fourth-order valence-corrected chi connectivity index (χ4v) is 3.41. The van der Waals surface area contributed by atoms with Gasteiger partial charge in [-0.2, -0.15) is 0 Å². The molecule has 126 valence electrons. The summed E-state index contributed by atoms with van der Waals surface area (Å²) in [6.45, 7) is 3.95. The highest BCUT2D eigenvalue weighted by Gasteiger charge is 2.21. The molecule has 0 unspecified atom stereocenters. The van der Waals surface area contributed by atoms with Crippen molar-refractivity contribution in [2.45, 2.75) is 32.6 Å². The van der Waals surface area contributed by atoms with Gasteiger partial charge < -0.3 is 5.11 Å². The number of hydrogen-bond donors (Lipinski definition) is 1. The van der Waals surface area contributed by atoms with E-state index >= 15 is 0 Å². The van der Waals surface area contributed by atoms with E-state index in [1.807, 2.05) is 26.0 Å². The van der Waals surface area contributed by atoms with E-state index in [0.29, 0.717) is 29.6 Å². The van der Waals surface area contributed by atoms with Gasteiger partial charge in [-0.25, -0.2) is 4.98 Å². The van der Waals surface area contributed by atoms with Crippen LogP contribution in [0.15, 0.2) is 41.2 Å². The Hall–Kier alpha value is -2.95. The second-order valence-electron chi connectivity index (χ2n) is 6.73. The zero-order valence-electron chi connectivity index (χ0n) is 14.1. The number of aromatic nitrogens is 2. The van der Waals surface area contributed by atoms with E-state index in [4.69, 9.17) is 0 Å². The molecule has 0 spiro atoms. The summed E-state index contributed by atoms with van der Waals surface area (Å²) in [5.74, 6) is 0.898. The number of aromatic hydroxyl groups is 1. The molecule has 0 saturated carbocycles. The number of phenolic OH excluding ortho intramolecular Hbond substituents is 1. The maximum absolute atomic E-state index is 13.1. The molecule has 1 aromatic heterocycles. The van der Waals surface area contributed by atoms with Crippen LogP contribution in [-0.4, -0.2) is 20.4 Å². The minimum Gasteiger partial charge on any atom is -0.508 e. The summed E-state index contributed by atoms with van der Waals surface area (Å²) in [6, 6.07) is 10.1. The fraction of sp³-hybridized carbons (Fsp3) is 0.250. The van der Waals surface area contributed by atoms with Gasteiger partial charge in [-0.15, -0.1) is 0 Å². The lowest BCUT2D eigenvalue weighted by Gasteiger charge is -2.17. The number of Topliss-reactive ketones (excluding diaryl/α,β-unsaturated/α-hetero) is 1. The molecule has 1 aliphatic carbocycles. The van der Waals surface area contributed by atoms with Gasteiger partial charge in [0.25, 0.3) is 5.56 Å². The quantitative estimate of drug-likeness (QED) is 0.780. The second-order valence-corrected chi connectivity index (χ2v) is 6.73. The first-order chi connectivity index (χ1) is 12.0. The summed E-state index contributed by atoms with van der Waals surface area (Å²) in [4.78, 5) is 29.6. The molecule has 4 rings (SSSR count). The molecule has 0 amide bonds. The van der Waals surface area contributed by atoms with Crippen molar-refractivity contribution in [3.8, 4) is 11.4 Å². The molecule has 0 aliphatic heterocycles. The Morgan fingerprint density at radius 3 is 2.64 bits per heavy atom. The smallest absolute Gasteiger partial charge is 0.265 e. The van der Waals surface area contributed by atoms with Crippen LogP contribution in [0.3, 0.4) is 0 Å². The van der Waals surface area contributed by atoms with Crippen LogP contribution in [0.4, 0.5) is 0 Å². The molecule has 3 aromatic rings. The molecule has 5 nitrogen and oxygen atoms in total. The Bertz CT molecular complexity index is 1080. The van der Waals surface area contributed by atoms with E-state index in [2.05, 4.69) is 4.98 Å². The van der Waals surface area contributed by atoms with Gasteiger partial charge in [0.15, 0.2) is 5.78 Å². The SMILES string of the molecule is CC(C)c1nc2cc(O)ccc2c(=O)n1-c1ccc2c(c1)CCC2=O. The molecule has 1 aliphatic rings. The normalized spacial score (nSPS) is 13.6. The Morgan fingerprint density at radius 1 is 1.08 bits per heavy atom. The number of aryl methyl sites for hydroxylation is 1. The lowest BCUT2D eigenvalue weighted by atomic mass is 10.1. The minimum absolute atomic E-state index is 0.0225. The topological polar surface area (TPSA) is 72.2 Å². The average Bonchev–Trinajstić information content (AvgIpc) is 2.95. The number of rotatable bonds is 2. The molecule has 1 heterocycles. The molecule has 0 atom stereocenters. The molecule has 1 N–H and O–H groups in total. The summed E-state index contributed by atoms with van der Waals surface area (Å²) in [5, 5.41) is 10.1. The van der Waals surface area contributed by atoms with Crippen molar-refractivity contribution >= 4 is 16.7 Å². The van der Waals surface area contributed by atoms with Crippen LogP contribution in [0, 0.1) is 0 Å². The molecule has 0 radical (unpaired) electrons. The minimum atomic E-state index is -0.169. The predicted molar refractivity (Wildman–Crippen MR) is 95.7 cm³/mol. The number of hydrogen-bond acceptors (Lipinski definition) is 4. The van der Waals surface area contributed by atoms with Crippen molar-refractivity contribution in [1.82, 2.24) is 9.55 Å². The van der Waals surface area contributed by atoms with Crippen LogP contribution >= 0.6 is 0 Å². The number of fused-ring (bicyclic) bond motifs is 2. The third kappa shape index (κ3) is 2.43. The van der Waals surface area contributed by atoms with Gasteiger partial charge in [-0.1, -0.05) is 13.8 Å². The standard InChI is InChI=1S/C20H18N2O3/c1-11(2)19-21-17-10-14(23)5-7-16(17)20(25)22(19)13-4-6-15-12(9-13)3-8-18(15)24/h4-7,9-11,23H,3,8H2,1-2H3. The zero-order valence-corrected chi connectivity index (χ0v) is 14.1. The highest BCUT2D eigenvalue weighted by Crippen LogP contribution is 2.26. The highest BCUT2D eigenvalue weighted by molar-refractivity contribution is 6.00. The molecule has 2 aromatic carbocycles. The van der Waals surface area contributed by atoms with E-state index < -0.39 is 0 Å². The third-order valence-electron chi connectivity index (χ3n) is 4.66. The lowest BCUT2D eigenvalue weighted by Crippen LogP contribution is -2.24. The van der Waals surface area contributed by atoms with Crippen LogP contribution < -0.4 is 5.56 Å². The first kappa shape index (κ1) is 15.6. The molecule has 0 saturated heterocycles. The van der Waals surface area contributed by atoms with Crippen molar-refractivity contribution in [2.24, 2.45) is 0 Å². The first-order valence-electron chi connectivity index (χ1n) is 8.38. The molecule has 0 fully saturated rings. The number of benzene rings is 2. The third-order valence-corrected chi connectivity index (χ3v) is 4.66.